The van der Waals surface area contributed by atoms with Crippen LogP contribution >= 0.6 is 0 Å². The van der Waals surface area contributed by atoms with Gasteiger partial charge in [0.05, 0.1) is 22.1 Å². The van der Waals surface area contributed by atoms with E-state index in [9.17, 15) is 23.1 Å². The lowest BCUT2D eigenvalue weighted by Crippen LogP contribution is -2.39. The van der Waals surface area contributed by atoms with Gasteiger partial charge in [-0.15, -0.1) is 0 Å². The molecule has 0 spiro atoms. The Morgan fingerprint density at radius 2 is 1.97 bits per heavy atom. The smallest absolute Gasteiger partial charge is 0.256 e. The molecule has 11 heteroatoms. The Hall–Kier alpha value is -2.99. The minimum atomic E-state index is -3.68. The van der Waals surface area contributed by atoms with Gasteiger partial charge in [0.25, 0.3) is 11.8 Å². The molecule has 3 aliphatic rings. The number of rotatable bonds is 7. The molecule has 0 saturated carbocycles. The molecule has 36 heavy (non-hydrogen) atoms. The van der Waals surface area contributed by atoms with Crippen molar-refractivity contribution in [1.29, 1.82) is 0 Å². The van der Waals surface area contributed by atoms with Crippen molar-refractivity contribution in [1.82, 2.24) is 19.9 Å². The Morgan fingerprint density at radius 3 is 2.69 bits per heavy atom. The van der Waals surface area contributed by atoms with E-state index in [1.807, 2.05) is 6.92 Å². The molecule has 1 fully saturated rings. The predicted octanol–water partition coefficient (Wildman–Crippen LogP) is 1.23. The van der Waals surface area contributed by atoms with Crippen LogP contribution in [0.4, 0.5) is 5.69 Å². The molecule has 1 aliphatic carbocycles. The number of amides is 2. The fourth-order valence-corrected chi connectivity index (χ4v) is 6.23. The van der Waals surface area contributed by atoms with Crippen LogP contribution in [0.2, 0.25) is 0 Å². The van der Waals surface area contributed by atoms with Crippen molar-refractivity contribution in [2.75, 3.05) is 38.5 Å². The monoisotopic (exact) mass is 513 g/mol. The van der Waals surface area contributed by atoms with Crippen LogP contribution < -0.4 is 15.4 Å². The molecule has 10 nitrogen and oxygen atoms in total. The van der Waals surface area contributed by atoms with Crippen molar-refractivity contribution in [2.45, 2.75) is 43.6 Å². The number of nitrogens with one attached hydrogen (secondary N) is 4. The minimum Gasteiger partial charge on any atom is -0.390 e. The Morgan fingerprint density at radius 1 is 1.22 bits per heavy atom. The zero-order valence-corrected chi connectivity index (χ0v) is 21.2. The van der Waals surface area contributed by atoms with E-state index in [-0.39, 0.29) is 23.3 Å². The Balaban J connectivity index is 1.42. The topological polar surface area (TPSA) is 144 Å². The SMILES string of the molecule is CNS(=O)(=O)c1ccc2c(c1)/C(=C1\CCc3c1[nH]c(C)c3C(=O)NCC(O)CN1CCCC1)C(=O)N2. The lowest BCUT2D eigenvalue weighted by atomic mass is 9.99. The van der Waals surface area contributed by atoms with Crippen molar-refractivity contribution in [3.63, 3.8) is 0 Å². The van der Waals surface area contributed by atoms with Gasteiger partial charge in [-0.05, 0) is 82.1 Å². The van der Waals surface area contributed by atoms with Crippen LogP contribution in [0, 0.1) is 6.92 Å². The first-order chi connectivity index (χ1) is 17.2. The Labute approximate surface area is 210 Å². The molecule has 5 N–H and O–H groups in total. The largest absolute Gasteiger partial charge is 0.390 e. The first-order valence-corrected chi connectivity index (χ1v) is 13.7. The number of aliphatic hydroxyl groups is 1. The number of aromatic amines is 1. The van der Waals surface area contributed by atoms with E-state index >= 15 is 0 Å². The summed E-state index contributed by atoms with van der Waals surface area (Å²) in [5.41, 5.74) is 5.06. The van der Waals surface area contributed by atoms with Crippen molar-refractivity contribution >= 4 is 38.7 Å². The molecular formula is C25H31N5O5S. The molecule has 1 aromatic heterocycles. The second-order valence-corrected chi connectivity index (χ2v) is 11.5. The van der Waals surface area contributed by atoms with E-state index in [0.717, 1.165) is 42.8 Å². The third-order valence-corrected chi connectivity index (χ3v) is 8.64. The highest BCUT2D eigenvalue weighted by Crippen LogP contribution is 2.44. The van der Waals surface area contributed by atoms with Gasteiger partial charge in [-0.3, -0.25) is 9.59 Å². The third kappa shape index (κ3) is 4.36. The van der Waals surface area contributed by atoms with Crippen LogP contribution in [-0.2, 0) is 21.2 Å². The molecular weight excluding hydrogens is 482 g/mol. The van der Waals surface area contributed by atoms with Crippen molar-refractivity contribution in [3.05, 3.63) is 46.3 Å². The standard InChI is InChI=1S/C25H31N5O5S/c1-14-21(24(32)27-12-15(31)13-30-9-3-4-10-30)17-6-7-18(23(17)28-14)22-19-11-16(36(34,35)26-2)5-8-20(19)29-25(22)33/h5,8,11,15,26,28,31H,3-4,6-7,9-10,12-13H2,1-2H3,(H,27,32)(H,29,33)/b22-18-. The number of anilines is 1. The van der Waals surface area contributed by atoms with Crippen LogP contribution in [0.5, 0.6) is 0 Å². The van der Waals surface area contributed by atoms with Crippen LogP contribution in [0.25, 0.3) is 11.1 Å². The van der Waals surface area contributed by atoms with Gasteiger partial charge in [0.15, 0.2) is 0 Å². The lowest BCUT2D eigenvalue weighted by Gasteiger charge is -2.19. The number of benzene rings is 1. The normalized spacial score (nSPS) is 20.4. The maximum absolute atomic E-state index is 13.1. The molecule has 0 bridgehead atoms. The van der Waals surface area contributed by atoms with Crippen LogP contribution in [0.3, 0.4) is 0 Å². The number of fused-ring (bicyclic) bond motifs is 2. The number of nitrogens with zero attached hydrogens (tertiary/aromatic N) is 1. The zero-order valence-electron chi connectivity index (χ0n) is 20.4. The highest BCUT2D eigenvalue weighted by atomic mass is 32.2. The van der Waals surface area contributed by atoms with Gasteiger partial charge in [0, 0.05) is 35.7 Å². The molecule has 1 saturated heterocycles. The van der Waals surface area contributed by atoms with Gasteiger partial charge in [-0.25, -0.2) is 13.1 Å². The fourth-order valence-electron chi connectivity index (χ4n) is 5.47. The summed E-state index contributed by atoms with van der Waals surface area (Å²) in [6.45, 7) is 4.48. The lowest BCUT2D eigenvalue weighted by molar-refractivity contribution is -0.110. The summed E-state index contributed by atoms with van der Waals surface area (Å²) in [6, 6.07) is 4.55. The molecule has 192 valence electrons. The van der Waals surface area contributed by atoms with E-state index < -0.39 is 16.1 Å². The quantitative estimate of drug-likeness (QED) is 0.352. The Bertz CT molecular complexity index is 1370. The van der Waals surface area contributed by atoms with Gasteiger partial charge >= 0.3 is 0 Å². The molecule has 1 unspecified atom stereocenters. The molecule has 2 amide bonds. The van der Waals surface area contributed by atoms with E-state index in [1.54, 1.807) is 6.07 Å². The van der Waals surface area contributed by atoms with E-state index in [0.29, 0.717) is 47.5 Å². The van der Waals surface area contributed by atoms with Gasteiger partial charge in [-0.1, -0.05) is 0 Å². The summed E-state index contributed by atoms with van der Waals surface area (Å²) in [6.07, 6.45) is 2.76. The second kappa shape index (κ2) is 9.47. The summed E-state index contributed by atoms with van der Waals surface area (Å²) < 4.78 is 27.0. The zero-order chi connectivity index (χ0) is 25.6. The summed E-state index contributed by atoms with van der Waals surface area (Å²) in [5.74, 6) is -0.550. The van der Waals surface area contributed by atoms with Gasteiger partial charge in [0.2, 0.25) is 10.0 Å². The first-order valence-electron chi connectivity index (χ1n) is 12.2. The maximum Gasteiger partial charge on any atom is 0.256 e. The van der Waals surface area contributed by atoms with E-state index in [4.69, 9.17) is 0 Å². The van der Waals surface area contributed by atoms with Gasteiger partial charge in [-0.2, -0.15) is 0 Å². The highest BCUT2D eigenvalue weighted by Gasteiger charge is 2.35. The number of aliphatic hydroxyl groups excluding tert-OH is 1. The van der Waals surface area contributed by atoms with Gasteiger partial charge < -0.3 is 25.6 Å². The Kier molecular flexibility index (Phi) is 6.50. The number of hydrogen-bond donors (Lipinski definition) is 5. The summed E-state index contributed by atoms with van der Waals surface area (Å²) in [4.78, 5) is 31.6. The van der Waals surface area contributed by atoms with Crippen molar-refractivity contribution < 1.29 is 23.1 Å². The molecule has 1 atom stereocenters. The number of likely N-dealkylation sites (tertiary alicyclic amines) is 1. The average molecular weight is 514 g/mol. The van der Waals surface area contributed by atoms with Crippen LogP contribution in [-0.4, -0.2) is 74.6 Å². The average Bonchev–Trinajstić information content (AvgIpc) is 3.61. The molecule has 3 heterocycles. The summed E-state index contributed by atoms with van der Waals surface area (Å²) >= 11 is 0. The van der Waals surface area contributed by atoms with Crippen LogP contribution in [0.15, 0.2) is 23.1 Å². The van der Waals surface area contributed by atoms with Crippen molar-refractivity contribution in [3.8, 4) is 0 Å². The number of aromatic nitrogens is 1. The third-order valence-electron chi connectivity index (χ3n) is 7.23. The number of sulfonamides is 1. The predicted molar refractivity (Wildman–Crippen MR) is 136 cm³/mol. The number of hydrogen-bond acceptors (Lipinski definition) is 6. The highest BCUT2D eigenvalue weighted by molar-refractivity contribution is 7.89. The minimum absolute atomic E-state index is 0.0757. The molecule has 2 aliphatic heterocycles. The number of allylic oxidation sites excluding steroid dienone is 1. The fraction of sp³-hybridized carbons (Fsp3) is 0.440. The number of carbonyl (C=O) groups is 2. The second-order valence-electron chi connectivity index (χ2n) is 9.57. The van der Waals surface area contributed by atoms with Gasteiger partial charge in [0.1, 0.15) is 0 Å². The molecule has 5 rings (SSSR count). The summed E-state index contributed by atoms with van der Waals surface area (Å²) in [7, 11) is -2.33. The summed E-state index contributed by atoms with van der Waals surface area (Å²) in [5, 5.41) is 16.0. The van der Waals surface area contributed by atoms with Crippen molar-refractivity contribution in [2.24, 2.45) is 0 Å². The van der Waals surface area contributed by atoms with E-state index in [2.05, 4.69) is 25.2 Å². The molecule has 1 aromatic carbocycles. The number of H-pyrrole nitrogens is 1. The number of aryl methyl sites for hydroxylation is 1. The number of carbonyl (C=O) groups excluding carboxylic acids is 2. The maximum atomic E-state index is 13.1. The molecule has 0 radical (unpaired) electrons. The number of β-amino-alcohol motifs (C(OH)–C–C–N with tert-alkyl or cyclic N) is 1. The molecule has 2 aromatic rings. The van der Waals surface area contributed by atoms with E-state index in [1.165, 1.54) is 19.2 Å². The van der Waals surface area contributed by atoms with Crippen LogP contribution in [0.1, 0.15) is 52.1 Å². The first kappa shape index (κ1) is 24.7.